The summed E-state index contributed by atoms with van der Waals surface area (Å²) in [7, 11) is -0.792. The number of fused-ring (bicyclic) bond motifs is 1. The molecule has 0 fully saturated rings. The number of nitrogens with one attached hydrogen (secondary N) is 1. The van der Waals surface area contributed by atoms with E-state index in [1.54, 1.807) is 24.3 Å². The zero-order valence-corrected chi connectivity index (χ0v) is 17.8. The van der Waals surface area contributed by atoms with Crippen molar-refractivity contribution < 1.29 is 32.2 Å². The van der Waals surface area contributed by atoms with E-state index < -0.39 is 22.5 Å². The van der Waals surface area contributed by atoms with Crippen LogP contribution in [-0.4, -0.2) is 60.6 Å². The number of sulfonamides is 1. The first-order valence-electron chi connectivity index (χ1n) is 9.16. The molecule has 2 aromatic carbocycles. The highest BCUT2D eigenvalue weighted by molar-refractivity contribution is 7.92. The van der Waals surface area contributed by atoms with Crippen molar-refractivity contribution >= 4 is 21.6 Å². The molecule has 0 spiro atoms. The number of benzene rings is 2. The summed E-state index contributed by atoms with van der Waals surface area (Å²) in [5.74, 6) is 1.59. The average molecular weight is 436 g/mol. The van der Waals surface area contributed by atoms with Gasteiger partial charge < -0.3 is 24.3 Å². The topological polar surface area (TPSA) is 103 Å². The van der Waals surface area contributed by atoms with Crippen molar-refractivity contribution in [3.8, 4) is 23.0 Å². The third kappa shape index (κ3) is 5.07. The van der Waals surface area contributed by atoms with E-state index in [1.807, 2.05) is 12.1 Å². The second kappa shape index (κ2) is 9.12. The van der Waals surface area contributed by atoms with E-state index in [1.165, 1.54) is 20.3 Å². The predicted octanol–water partition coefficient (Wildman–Crippen LogP) is 1.43. The molecule has 0 aliphatic carbocycles. The summed E-state index contributed by atoms with van der Waals surface area (Å²) in [6.07, 6.45) is 0.656. The number of ether oxygens (including phenoxy) is 4. The Balaban J connectivity index is 1.65. The lowest BCUT2D eigenvalue weighted by Crippen LogP contribution is -2.45. The number of hydrogen-bond donors (Lipinski definition) is 1. The predicted molar refractivity (Wildman–Crippen MR) is 111 cm³/mol. The van der Waals surface area contributed by atoms with E-state index in [9.17, 15) is 13.2 Å². The van der Waals surface area contributed by atoms with Gasteiger partial charge in [-0.15, -0.1) is 0 Å². The summed E-state index contributed by atoms with van der Waals surface area (Å²) < 4.78 is 47.4. The third-order valence-corrected chi connectivity index (χ3v) is 5.58. The van der Waals surface area contributed by atoms with E-state index in [4.69, 9.17) is 18.9 Å². The lowest BCUT2D eigenvalue weighted by atomic mass is 10.2. The van der Waals surface area contributed by atoms with Gasteiger partial charge in [-0.25, -0.2) is 8.42 Å². The van der Waals surface area contributed by atoms with Crippen molar-refractivity contribution in [2.75, 3.05) is 44.5 Å². The van der Waals surface area contributed by atoms with Crippen molar-refractivity contribution in [1.82, 2.24) is 5.32 Å². The maximum absolute atomic E-state index is 12.5. The Morgan fingerprint density at radius 1 is 1.13 bits per heavy atom. The van der Waals surface area contributed by atoms with Crippen LogP contribution in [0, 0.1) is 0 Å². The fourth-order valence-electron chi connectivity index (χ4n) is 2.96. The molecule has 30 heavy (non-hydrogen) atoms. The Labute approximate surface area is 175 Å². The summed E-state index contributed by atoms with van der Waals surface area (Å²) >= 11 is 0. The summed E-state index contributed by atoms with van der Waals surface area (Å²) in [4.78, 5) is 12.5. The Kier molecular flexibility index (Phi) is 6.56. The molecule has 1 aliphatic rings. The van der Waals surface area contributed by atoms with Crippen molar-refractivity contribution in [3.63, 3.8) is 0 Å². The number of rotatable bonds is 8. The second-order valence-electron chi connectivity index (χ2n) is 6.61. The lowest BCUT2D eigenvalue weighted by Gasteiger charge is -2.27. The van der Waals surface area contributed by atoms with E-state index in [-0.39, 0.29) is 24.9 Å². The first-order chi connectivity index (χ1) is 14.3. The molecule has 1 N–H and O–H groups in total. The van der Waals surface area contributed by atoms with E-state index in [2.05, 4.69) is 5.32 Å². The molecule has 162 valence electrons. The molecular formula is C20H24N2O7S. The van der Waals surface area contributed by atoms with Crippen LogP contribution >= 0.6 is 0 Å². The van der Waals surface area contributed by atoms with Gasteiger partial charge in [-0.1, -0.05) is 12.1 Å². The maximum Gasteiger partial charge on any atom is 0.240 e. The van der Waals surface area contributed by atoms with E-state index in [0.717, 1.165) is 10.6 Å². The molecule has 0 radical (unpaired) electrons. The zero-order valence-electron chi connectivity index (χ0n) is 17.0. The minimum atomic E-state index is -3.72. The number of amides is 1. The molecule has 1 aliphatic heterocycles. The smallest absolute Gasteiger partial charge is 0.240 e. The monoisotopic (exact) mass is 436 g/mol. The van der Waals surface area contributed by atoms with Gasteiger partial charge in [-0.2, -0.15) is 0 Å². The Morgan fingerprint density at radius 2 is 1.83 bits per heavy atom. The van der Waals surface area contributed by atoms with Crippen LogP contribution in [0.5, 0.6) is 23.0 Å². The van der Waals surface area contributed by atoms with Gasteiger partial charge in [0.25, 0.3) is 0 Å². The molecule has 0 aromatic heterocycles. The standard InChI is InChI=1S/C20H24N2O7S/c1-26-16-9-8-14(10-19(16)27-2)22(30(3,24)25)12-20(23)21-11-15-13-28-17-6-4-5-7-18(17)29-15/h4-10,15H,11-13H2,1-3H3,(H,21,23)/t15-/m0/s1. The molecule has 3 rings (SSSR count). The average Bonchev–Trinajstić information content (AvgIpc) is 2.74. The molecule has 1 heterocycles. The van der Waals surface area contributed by atoms with Gasteiger partial charge in [0.1, 0.15) is 19.3 Å². The molecule has 1 amide bonds. The fraction of sp³-hybridized carbons (Fsp3) is 0.350. The van der Waals surface area contributed by atoms with Crippen molar-refractivity contribution in [2.24, 2.45) is 0 Å². The van der Waals surface area contributed by atoms with Gasteiger partial charge in [-0.3, -0.25) is 9.10 Å². The normalized spacial score (nSPS) is 15.2. The van der Waals surface area contributed by atoms with Crippen LogP contribution in [0.2, 0.25) is 0 Å². The summed E-state index contributed by atoms with van der Waals surface area (Å²) in [6, 6.07) is 11.9. The first kappa shape index (κ1) is 21.6. The Morgan fingerprint density at radius 3 is 2.50 bits per heavy atom. The second-order valence-corrected chi connectivity index (χ2v) is 8.52. The Bertz CT molecular complexity index is 1010. The van der Waals surface area contributed by atoms with Gasteiger partial charge in [0.15, 0.2) is 23.0 Å². The number of anilines is 1. The van der Waals surface area contributed by atoms with Gasteiger partial charge in [0, 0.05) is 6.07 Å². The SMILES string of the molecule is COc1ccc(N(CC(=O)NC[C@H]2COc3ccccc3O2)S(C)(=O)=O)cc1OC. The molecule has 0 bridgehead atoms. The van der Waals surface area contributed by atoms with E-state index in [0.29, 0.717) is 23.0 Å². The number of carbonyl (C=O) groups is 1. The minimum absolute atomic E-state index is 0.177. The first-order valence-corrected chi connectivity index (χ1v) is 11.0. The number of methoxy groups -OCH3 is 2. The van der Waals surface area contributed by atoms with Crippen LogP contribution < -0.4 is 28.6 Å². The number of nitrogens with zero attached hydrogens (tertiary/aromatic N) is 1. The summed E-state index contributed by atoms with van der Waals surface area (Å²) in [5, 5.41) is 2.70. The minimum Gasteiger partial charge on any atom is -0.493 e. The van der Waals surface area contributed by atoms with Crippen LogP contribution in [0.15, 0.2) is 42.5 Å². The number of para-hydroxylation sites is 2. The quantitative estimate of drug-likeness (QED) is 0.668. The van der Waals surface area contributed by atoms with Gasteiger partial charge >= 0.3 is 0 Å². The maximum atomic E-state index is 12.5. The van der Waals surface area contributed by atoms with Gasteiger partial charge in [0.05, 0.1) is 32.7 Å². The van der Waals surface area contributed by atoms with Crippen molar-refractivity contribution in [2.45, 2.75) is 6.10 Å². The van der Waals surface area contributed by atoms with Crippen LogP contribution in [0.4, 0.5) is 5.69 Å². The highest BCUT2D eigenvalue weighted by atomic mass is 32.2. The fourth-order valence-corrected chi connectivity index (χ4v) is 3.81. The highest BCUT2D eigenvalue weighted by Crippen LogP contribution is 2.32. The van der Waals surface area contributed by atoms with Gasteiger partial charge in [0.2, 0.25) is 15.9 Å². The summed E-state index contributed by atoms with van der Waals surface area (Å²) in [6.45, 7) is 0.0674. The molecule has 2 aromatic rings. The zero-order chi connectivity index (χ0) is 21.7. The van der Waals surface area contributed by atoms with Crippen LogP contribution in [0.1, 0.15) is 0 Å². The van der Waals surface area contributed by atoms with Crippen LogP contribution in [0.25, 0.3) is 0 Å². The highest BCUT2D eigenvalue weighted by Gasteiger charge is 2.24. The molecule has 1 atom stereocenters. The molecule has 0 unspecified atom stereocenters. The Hall–Kier alpha value is -3.14. The molecule has 10 heteroatoms. The molecule has 9 nitrogen and oxygen atoms in total. The lowest BCUT2D eigenvalue weighted by molar-refractivity contribution is -0.120. The third-order valence-electron chi connectivity index (χ3n) is 4.44. The molecule has 0 saturated carbocycles. The van der Waals surface area contributed by atoms with Crippen molar-refractivity contribution in [3.05, 3.63) is 42.5 Å². The molecular weight excluding hydrogens is 412 g/mol. The van der Waals surface area contributed by atoms with Gasteiger partial charge in [-0.05, 0) is 24.3 Å². The van der Waals surface area contributed by atoms with E-state index >= 15 is 0 Å². The summed E-state index contributed by atoms with van der Waals surface area (Å²) in [5.41, 5.74) is 0.288. The number of carbonyl (C=O) groups excluding carboxylic acids is 1. The largest absolute Gasteiger partial charge is 0.493 e. The van der Waals surface area contributed by atoms with Crippen molar-refractivity contribution in [1.29, 1.82) is 0 Å². The van der Waals surface area contributed by atoms with Crippen LogP contribution in [0.3, 0.4) is 0 Å². The molecule has 0 saturated heterocycles. The number of hydrogen-bond acceptors (Lipinski definition) is 7. The van der Waals surface area contributed by atoms with Crippen LogP contribution in [-0.2, 0) is 14.8 Å².